The minimum absolute atomic E-state index is 0.672. The Hall–Kier alpha value is -2.28. The Bertz CT molecular complexity index is 928. The fourth-order valence-corrected chi connectivity index (χ4v) is 5.92. The van der Waals surface area contributed by atoms with Crippen LogP contribution >= 0.6 is 0 Å². The van der Waals surface area contributed by atoms with Gasteiger partial charge in [0.05, 0.1) is 6.61 Å². The number of hydrogen-bond donors (Lipinski definition) is 0. The second kappa shape index (κ2) is 14.5. The zero-order chi connectivity index (χ0) is 25.0. The van der Waals surface area contributed by atoms with E-state index in [-0.39, 0.29) is 0 Å². The molecule has 0 N–H and O–H groups in total. The predicted molar refractivity (Wildman–Crippen MR) is 155 cm³/mol. The van der Waals surface area contributed by atoms with Crippen LogP contribution in [-0.4, -0.2) is 6.61 Å². The van der Waals surface area contributed by atoms with Crippen LogP contribution in [0.2, 0.25) is 0 Å². The molecule has 2 aliphatic rings. The Morgan fingerprint density at radius 3 is 2.08 bits per heavy atom. The summed E-state index contributed by atoms with van der Waals surface area (Å²) in [6, 6.07) is 17.8. The molecule has 0 heterocycles. The van der Waals surface area contributed by atoms with Gasteiger partial charge in [0.15, 0.2) is 0 Å². The summed E-state index contributed by atoms with van der Waals surface area (Å²) in [6.07, 6.45) is 25.6. The van der Waals surface area contributed by atoms with Crippen molar-refractivity contribution in [3.8, 4) is 16.9 Å². The van der Waals surface area contributed by atoms with Crippen LogP contribution in [0.25, 0.3) is 11.1 Å². The van der Waals surface area contributed by atoms with Crippen molar-refractivity contribution < 1.29 is 4.74 Å². The van der Waals surface area contributed by atoms with E-state index in [4.69, 9.17) is 4.74 Å². The average molecular weight is 485 g/mol. The molecular weight excluding hydrogens is 436 g/mol. The molecule has 1 nitrogen and oxygen atoms in total. The smallest absolute Gasteiger partial charge is 0.119 e. The summed E-state index contributed by atoms with van der Waals surface area (Å²) in [4.78, 5) is 0. The molecule has 4 rings (SSSR count). The number of ether oxygens (including phenoxy) is 1. The number of hydrogen-bond acceptors (Lipinski definition) is 1. The van der Waals surface area contributed by atoms with Crippen LogP contribution in [0.3, 0.4) is 0 Å². The average Bonchev–Trinajstić information content (AvgIpc) is 2.93. The van der Waals surface area contributed by atoms with Crippen LogP contribution in [0, 0.1) is 23.7 Å². The minimum Gasteiger partial charge on any atom is -0.493 e. The second-order valence-corrected chi connectivity index (χ2v) is 11.3. The standard InChI is InChI=1S/C35H48O/c1-3-5-6-8-29-19-21-33(22-20-29)34-23-25-35(26-24-34)36-27-32-17-15-31(16-18-32)14-13-30-11-9-28(7-4-2)10-12-30/h9,11,13-14,19-26,28,30-32H,3-8,10,12,15-18,27H2,1-2H3. The van der Waals surface area contributed by atoms with Gasteiger partial charge in [-0.15, -0.1) is 0 Å². The highest BCUT2D eigenvalue weighted by molar-refractivity contribution is 5.64. The molecule has 2 aromatic carbocycles. The van der Waals surface area contributed by atoms with Crippen molar-refractivity contribution in [1.82, 2.24) is 0 Å². The monoisotopic (exact) mass is 484 g/mol. The summed E-state index contributed by atoms with van der Waals surface area (Å²) in [5.41, 5.74) is 4.00. The molecule has 0 bridgehead atoms. The van der Waals surface area contributed by atoms with Gasteiger partial charge >= 0.3 is 0 Å². The Kier molecular flexibility index (Phi) is 10.8. The highest BCUT2D eigenvalue weighted by Gasteiger charge is 2.21. The van der Waals surface area contributed by atoms with E-state index < -0.39 is 0 Å². The highest BCUT2D eigenvalue weighted by atomic mass is 16.5. The molecule has 2 atom stereocenters. The SMILES string of the molecule is CCCCCc1ccc(-c2ccc(OCC3CCC(C=CC4C=CC(CCC)CC4)CC3)cc2)cc1. The van der Waals surface area contributed by atoms with E-state index in [1.54, 1.807) is 0 Å². The molecule has 0 spiro atoms. The number of benzene rings is 2. The lowest BCUT2D eigenvalue weighted by Gasteiger charge is -2.27. The van der Waals surface area contributed by atoms with Crippen LogP contribution in [0.5, 0.6) is 5.75 Å². The van der Waals surface area contributed by atoms with Crippen molar-refractivity contribution in [1.29, 1.82) is 0 Å². The molecule has 0 amide bonds. The first kappa shape index (κ1) is 26.8. The third-order valence-electron chi connectivity index (χ3n) is 8.38. The van der Waals surface area contributed by atoms with Gasteiger partial charge in [0.2, 0.25) is 0 Å². The van der Waals surface area contributed by atoms with Crippen molar-refractivity contribution in [2.45, 2.75) is 90.9 Å². The van der Waals surface area contributed by atoms with E-state index in [1.165, 1.54) is 93.7 Å². The minimum atomic E-state index is 0.672. The van der Waals surface area contributed by atoms with E-state index in [0.717, 1.165) is 24.2 Å². The largest absolute Gasteiger partial charge is 0.493 e. The predicted octanol–water partition coefficient (Wildman–Crippen LogP) is 10.2. The summed E-state index contributed by atoms with van der Waals surface area (Å²) in [7, 11) is 0. The topological polar surface area (TPSA) is 9.23 Å². The summed E-state index contributed by atoms with van der Waals surface area (Å²) < 4.78 is 6.20. The van der Waals surface area contributed by atoms with Crippen LogP contribution in [-0.2, 0) is 6.42 Å². The zero-order valence-corrected chi connectivity index (χ0v) is 22.8. The molecule has 0 radical (unpaired) electrons. The van der Waals surface area contributed by atoms with E-state index in [1.807, 2.05) is 0 Å². The van der Waals surface area contributed by atoms with E-state index >= 15 is 0 Å². The molecule has 36 heavy (non-hydrogen) atoms. The van der Waals surface area contributed by atoms with Crippen LogP contribution in [0.1, 0.15) is 90.0 Å². The highest BCUT2D eigenvalue weighted by Crippen LogP contribution is 2.32. The first-order chi connectivity index (χ1) is 17.7. The molecule has 0 aromatic heterocycles. The fraction of sp³-hybridized carbons (Fsp3) is 0.543. The Morgan fingerprint density at radius 1 is 0.722 bits per heavy atom. The van der Waals surface area contributed by atoms with Gasteiger partial charge in [-0.05, 0) is 110 Å². The lowest BCUT2D eigenvalue weighted by Crippen LogP contribution is -2.19. The first-order valence-electron chi connectivity index (χ1n) is 14.9. The quantitative estimate of drug-likeness (QED) is 0.215. The molecule has 2 aliphatic carbocycles. The van der Waals surface area contributed by atoms with E-state index in [9.17, 15) is 0 Å². The lowest BCUT2D eigenvalue weighted by atomic mass is 9.81. The normalized spacial score (nSPS) is 24.3. The van der Waals surface area contributed by atoms with Crippen molar-refractivity contribution in [2.75, 3.05) is 6.61 Å². The number of aryl methyl sites for hydroxylation is 1. The molecule has 1 heteroatoms. The lowest BCUT2D eigenvalue weighted by molar-refractivity contribution is 0.194. The maximum Gasteiger partial charge on any atom is 0.119 e. The maximum atomic E-state index is 6.20. The second-order valence-electron chi connectivity index (χ2n) is 11.3. The van der Waals surface area contributed by atoms with Gasteiger partial charge < -0.3 is 4.74 Å². The van der Waals surface area contributed by atoms with Gasteiger partial charge in [0, 0.05) is 0 Å². The van der Waals surface area contributed by atoms with Crippen LogP contribution < -0.4 is 4.74 Å². The van der Waals surface area contributed by atoms with Gasteiger partial charge in [0.25, 0.3) is 0 Å². The first-order valence-corrected chi connectivity index (χ1v) is 14.9. The van der Waals surface area contributed by atoms with Gasteiger partial charge in [-0.1, -0.05) is 93.8 Å². The van der Waals surface area contributed by atoms with Crippen LogP contribution in [0.15, 0.2) is 72.8 Å². The Balaban J connectivity index is 1.16. The molecule has 2 aromatic rings. The van der Waals surface area contributed by atoms with Gasteiger partial charge in [0.1, 0.15) is 5.75 Å². The fourth-order valence-electron chi connectivity index (χ4n) is 5.92. The van der Waals surface area contributed by atoms with E-state index in [0.29, 0.717) is 11.8 Å². The summed E-state index contributed by atoms with van der Waals surface area (Å²) in [5.74, 6) is 3.96. The van der Waals surface area contributed by atoms with E-state index in [2.05, 4.69) is 86.7 Å². The molecule has 1 fully saturated rings. The summed E-state index contributed by atoms with van der Waals surface area (Å²) >= 11 is 0. The van der Waals surface area contributed by atoms with Crippen molar-refractivity contribution in [3.05, 3.63) is 78.4 Å². The van der Waals surface area contributed by atoms with Crippen molar-refractivity contribution in [2.24, 2.45) is 23.7 Å². The third kappa shape index (κ3) is 8.39. The molecule has 194 valence electrons. The Labute approximate surface area is 221 Å². The number of allylic oxidation sites excluding steroid dienone is 4. The molecule has 0 aliphatic heterocycles. The molecule has 1 saturated carbocycles. The van der Waals surface area contributed by atoms with Gasteiger partial charge in [-0.2, -0.15) is 0 Å². The molecule has 2 unspecified atom stereocenters. The van der Waals surface area contributed by atoms with Crippen molar-refractivity contribution in [3.63, 3.8) is 0 Å². The zero-order valence-electron chi connectivity index (χ0n) is 22.8. The third-order valence-corrected chi connectivity index (χ3v) is 8.38. The summed E-state index contributed by atoms with van der Waals surface area (Å²) in [6.45, 7) is 5.41. The maximum absolute atomic E-state index is 6.20. The molecular formula is C35H48O. The van der Waals surface area contributed by atoms with Gasteiger partial charge in [-0.3, -0.25) is 0 Å². The molecule has 0 saturated heterocycles. The van der Waals surface area contributed by atoms with Gasteiger partial charge in [-0.25, -0.2) is 0 Å². The Morgan fingerprint density at radius 2 is 1.44 bits per heavy atom. The van der Waals surface area contributed by atoms with Crippen molar-refractivity contribution >= 4 is 0 Å². The number of rotatable bonds is 12. The summed E-state index contributed by atoms with van der Waals surface area (Å²) in [5, 5.41) is 0. The van der Waals surface area contributed by atoms with Crippen LogP contribution in [0.4, 0.5) is 0 Å². The number of unbranched alkanes of at least 4 members (excludes halogenated alkanes) is 2.